The van der Waals surface area contributed by atoms with Crippen molar-refractivity contribution in [2.45, 2.75) is 66.2 Å². The van der Waals surface area contributed by atoms with Gasteiger partial charge in [-0.05, 0) is 71.2 Å². The summed E-state index contributed by atoms with van der Waals surface area (Å²) in [6.07, 6.45) is 3.47. The highest BCUT2D eigenvalue weighted by atomic mass is 19.1. The number of fused-ring (bicyclic) bond motifs is 1. The quantitative estimate of drug-likeness (QED) is 0.617. The summed E-state index contributed by atoms with van der Waals surface area (Å²) >= 11 is 0. The number of ether oxygens (including phenoxy) is 1. The average Bonchev–Trinajstić information content (AvgIpc) is 3.25. The third-order valence-corrected chi connectivity index (χ3v) is 5.83. The van der Waals surface area contributed by atoms with Crippen LogP contribution in [0, 0.1) is 19.7 Å². The Hall–Kier alpha value is -3.36. The smallest absolute Gasteiger partial charge is 0.410 e. The number of imidazole rings is 1. The van der Waals surface area contributed by atoms with Gasteiger partial charge in [-0.1, -0.05) is 0 Å². The number of amides is 1. The number of H-pyrrole nitrogens is 1. The molecular weight excluding hydrogens is 425 g/mol. The van der Waals surface area contributed by atoms with Gasteiger partial charge in [-0.3, -0.25) is 14.1 Å². The van der Waals surface area contributed by atoms with Crippen LogP contribution in [0.15, 0.2) is 29.3 Å². The van der Waals surface area contributed by atoms with Crippen LogP contribution in [0.4, 0.5) is 9.18 Å². The molecule has 0 bridgehead atoms. The molecule has 3 aromatic rings. The lowest BCUT2D eigenvalue weighted by molar-refractivity contribution is 0.0177. The number of rotatable bonds is 2. The zero-order valence-corrected chi connectivity index (χ0v) is 19.9. The Morgan fingerprint density at radius 1 is 1.21 bits per heavy atom. The Balaban J connectivity index is 1.92. The van der Waals surface area contributed by atoms with Gasteiger partial charge in [-0.25, -0.2) is 14.0 Å². The molecule has 0 spiro atoms. The van der Waals surface area contributed by atoms with E-state index in [0.717, 1.165) is 5.69 Å². The number of carbonyl (C=O) groups excluding carboxylic acids is 1. The molecule has 1 aromatic carbocycles. The molecule has 1 unspecified atom stereocenters. The van der Waals surface area contributed by atoms with Gasteiger partial charge in [0.1, 0.15) is 22.8 Å². The molecule has 1 atom stereocenters. The number of halogens is 1. The highest BCUT2D eigenvalue weighted by Gasteiger charge is 2.35. The number of hydrogen-bond acceptors (Lipinski definition) is 4. The van der Waals surface area contributed by atoms with Crippen molar-refractivity contribution in [1.82, 2.24) is 24.2 Å². The van der Waals surface area contributed by atoms with Crippen molar-refractivity contribution >= 4 is 6.09 Å². The van der Waals surface area contributed by atoms with Gasteiger partial charge < -0.3 is 9.72 Å². The van der Waals surface area contributed by atoms with Gasteiger partial charge in [0.15, 0.2) is 0 Å². The fourth-order valence-corrected chi connectivity index (χ4v) is 4.36. The molecule has 3 heterocycles. The molecular formula is C24H30FN5O3. The predicted molar refractivity (Wildman–Crippen MR) is 123 cm³/mol. The molecule has 1 amide bonds. The van der Waals surface area contributed by atoms with Crippen LogP contribution in [0.25, 0.3) is 16.9 Å². The molecule has 1 aliphatic rings. The first-order valence-electron chi connectivity index (χ1n) is 11.1. The Bertz CT molecular complexity index is 1240. The molecule has 33 heavy (non-hydrogen) atoms. The summed E-state index contributed by atoms with van der Waals surface area (Å²) in [5.74, 6) is -0.260. The maximum Gasteiger partial charge on any atom is 0.410 e. The molecule has 0 saturated carbocycles. The predicted octanol–water partition coefficient (Wildman–Crippen LogP) is 4.49. The standard InChI is InChI=1S/C24H30FN5O3/c1-14-12-17(13-15(2)18(14)25)19-21(29-11-8-26-22(29)31)20-16(3)28(9-7-10-30(20)27-19)23(32)33-24(4,5)6/h8,11-13,16H,7,9-10H2,1-6H3,(H,26,31). The van der Waals surface area contributed by atoms with E-state index in [9.17, 15) is 14.0 Å². The van der Waals surface area contributed by atoms with Crippen molar-refractivity contribution < 1.29 is 13.9 Å². The van der Waals surface area contributed by atoms with E-state index in [1.165, 1.54) is 4.57 Å². The number of aromatic amines is 1. The third-order valence-electron chi connectivity index (χ3n) is 5.83. The number of carbonyl (C=O) groups is 1. The molecule has 4 rings (SSSR count). The summed E-state index contributed by atoms with van der Waals surface area (Å²) in [6.45, 7) is 11.9. The van der Waals surface area contributed by atoms with Crippen LogP contribution >= 0.6 is 0 Å². The first-order chi connectivity index (χ1) is 15.5. The summed E-state index contributed by atoms with van der Waals surface area (Å²) in [5.41, 5.74) is 2.65. The Labute approximate surface area is 192 Å². The Kier molecular flexibility index (Phi) is 5.67. The Morgan fingerprint density at radius 2 is 1.88 bits per heavy atom. The van der Waals surface area contributed by atoms with E-state index < -0.39 is 17.7 Å². The molecule has 1 N–H and O–H groups in total. The molecule has 9 heteroatoms. The highest BCUT2D eigenvalue weighted by molar-refractivity contribution is 5.74. The maximum absolute atomic E-state index is 14.3. The van der Waals surface area contributed by atoms with Gasteiger partial charge in [0.05, 0.1) is 11.7 Å². The monoisotopic (exact) mass is 455 g/mol. The minimum atomic E-state index is -0.627. The van der Waals surface area contributed by atoms with Gasteiger partial charge in [-0.2, -0.15) is 5.10 Å². The van der Waals surface area contributed by atoms with E-state index in [-0.39, 0.29) is 11.5 Å². The molecule has 2 aromatic heterocycles. The number of aromatic nitrogens is 4. The molecule has 0 aliphatic carbocycles. The van der Waals surface area contributed by atoms with Crippen LogP contribution in [0.1, 0.15) is 57.0 Å². The van der Waals surface area contributed by atoms with Crippen LogP contribution in [0.5, 0.6) is 0 Å². The highest BCUT2D eigenvalue weighted by Crippen LogP contribution is 2.37. The van der Waals surface area contributed by atoms with Crippen molar-refractivity contribution in [3.05, 3.63) is 57.6 Å². The first-order valence-corrected chi connectivity index (χ1v) is 11.1. The fraction of sp³-hybridized carbons (Fsp3) is 0.458. The van der Waals surface area contributed by atoms with Crippen molar-refractivity contribution in [3.63, 3.8) is 0 Å². The molecule has 0 fully saturated rings. The second-order valence-corrected chi connectivity index (χ2v) is 9.57. The summed E-state index contributed by atoms with van der Waals surface area (Å²) in [4.78, 5) is 30.0. The zero-order chi connectivity index (χ0) is 24.1. The van der Waals surface area contributed by atoms with Crippen LogP contribution in [-0.4, -0.2) is 42.5 Å². The van der Waals surface area contributed by atoms with Gasteiger partial charge in [-0.15, -0.1) is 0 Å². The summed E-state index contributed by atoms with van der Waals surface area (Å²) in [5, 5.41) is 4.85. The zero-order valence-electron chi connectivity index (χ0n) is 19.9. The molecule has 8 nitrogen and oxygen atoms in total. The second-order valence-electron chi connectivity index (χ2n) is 9.57. The molecule has 0 radical (unpaired) electrons. The van der Waals surface area contributed by atoms with Crippen molar-refractivity contribution in [3.8, 4) is 16.9 Å². The number of benzene rings is 1. The molecule has 0 saturated heterocycles. The lowest BCUT2D eigenvalue weighted by Gasteiger charge is -2.30. The van der Waals surface area contributed by atoms with E-state index in [4.69, 9.17) is 9.84 Å². The third kappa shape index (κ3) is 4.19. The largest absolute Gasteiger partial charge is 0.444 e. The Morgan fingerprint density at radius 3 is 2.45 bits per heavy atom. The lowest BCUT2D eigenvalue weighted by Crippen LogP contribution is -2.38. The molecule has 176 valence electrons. The van der Waals surface area contributed by atoms with E-state index in [1.807, 2.05) is 32.4 Å². The van der Waals surface area contributed by atoms with Crippen LogP contribution < -0.4 is 5.69 Å². The van der Waals surface area contributed by atoms with E-state index >= 15 is 0 Å². The van der Waals surface area contributed by atoms with Crippen LogP contribution in [-0.2, 0) is 11.3 Å². The number of hydrogen-bond donors (Lipinski definition) is 1. The SMILES string of the molecule is Cc1cc(-c2nn3c(c2-n2cc[nH]c2=O)C(C)N(C(=O)OC(C)(C)C)CCC3)cc(C)c1F. The van der Waals surface area contributed by atoms with E-state index in [2.05, 4.69) is 4.98 Å². The second kappa shape index (κ2) is 8.20. The number of aryl methyl sites for hydroxylation is 3. The number of nitrogens with one attached hydrogen (secondary N) is 1. The normalized spacial score (nSPS) is 16.5. The number of nitrogens with zero attached hydrogens (tertiary/aromatic N) is 4. The van der Waals surface area contributed by atoms with E-state index in [0.29, 0.717) is 47.6 Å². The lowest BCUT2D eigenvalue weighted by atomic mass is 10.0. The summed E-state index contributed by atoms with van der Waals surface area (Å²) in [7, 11) is 0. The summed E-state index contributed by atoms with van der Waals surface area (Å²) in [6, 6.07) is 3.08. The van der Waals surface area contributed by atoms with Crippen molar-refractivity contribution in [2.75, 3.05) is 6.54 Å². The summed E-state index contributed by atoms with van der Waals surface area (Å²) < 4.78 is 23.3. The van der Waals surface area contributed by atoms with Gasteiger partial charge in [0.25, 0.3) is 0 Å². The minimum absolute atomic E-state index is 0.260. The van der Waals surface area contributed by atoms with Gasteiger partial charge in [0.2, 0.25) is 0 Å². The van der Waals surface area contributed by atoms with Gasteiger partial charge >= 0.3 is 11.8 Å². The average molecular weight is 456 g/mol. The minimum Gasteiger partial charge on any atom is -0.444 e. The maximum atomic E-state index is 14.3. The van der Waals surface area contributed by atoms with Crippen LogP contribution in [0.2, 0.25) is 0 Å². The van der Waals surface area contributed by atoms with Gasteiger partial charge in [0, 0.05) is 31.0 Å². The first kappa shape index (κ1) is 22.8. The van der Waals surface area contributed by atoms with Crippen molar-refractivity contribution in [2.24, 2.45) is 0 Å². The topological polar surface area (TPSA) is 85.2 Å². The fourth-order valence-electron chi connectivity index (χ4n) is 4.36. The van der Waals surface area contributed by atoms with Crippen LogP contribution in [0.3, 0.4) is 0 Å². The molecule has 1 aliphatic heterocycles. The van der Waals surface area contributed by atoms with E-state index in [1.54, 1.807) is 43.3 Å². The van der Waals surface area contributed by atoms with Crippen molar-refractivity contribution in [1.29, 1.82) is 0 Å².